The molecule has 2 fully saturated rings. The molecule has 18 heavy (non-hydrogen) atoms. The zero-order valence-corrected chi connectivity index (χ0v) is 12.3. The zero-order valence-electron chi connectivity index (χ0n) is 12.3. The van der Waals surface area contributed by atoms with E-state index in [1.807, 2.05) is 0 Å². The minimum atomic E-state index is 0.457. The molecular weight excluding hydrogens is 222 g/mol. The number of hydrogen-bond acceptors (Lipinski definition) is 2. The average Bonchev–Trinajstić information content (AvgIpc) is 3.23. The first-order valence-corrected chi connectivity index (χ1v) is 8.14. The summed E-state index contributed by atoms with van der Waals surface area (Å²) in [6.07, 6.45) is 13.1. The molecule has 2 unspecified atom stereocenters. The van der Waals surface area contributed by atoms with E-state index in [1.165, 1.54) is 57.8 Å². The molecule has 0 saturated heterocycles. The minimum absolute atomic E-state index is 0.457. The van der Waals surface area contributed by atoms with Crippen LogP contribution in [0.1, 0.15) is 64.7 Å². The fourth-order valence-corrected chi connectivity index (χ4v) is 3.53. The van der Waals surface area contributed by atoms with Gasteiger partial charge in [-0.25, -0.2) is 0 Å². The third kappa shape index (κ3) is 4.24. The quantitative estimate of drug-likeness (QED) is 0.711. The molecule has 0 heterocycles. The van der Waals surface area contributed by atoms with Crippen molar-refractivity contribution in [1.29, 1.82) is 0 Å². The summed E-state index contributed by atoms with van der Waals surface area (Å²) in [5.41, 5.74) is 0. The average molecular weight is 253 g/mol. The molecule has 2 rings (SSSR count). The molecule has 0 radical (unpaired) electrons. The summed E-state index contributed by atoms with van der Waals surface area (Å²) >= 11 is 0. The van der Waals surface area contributed by atoms with E-state index in [0.29, 0.717) is 12.1 Å². The van der Waals surface area contributed by atoms with E-state index in [1.54, 1.807) is 0 Å². The van der Waals surface area contributed by atoms with Crippen molar-refractivity contribution in [2.24, 2.45) is 11.8 Å². The second kappa shape index (κ2) is 7.49. The Bertz CT molecular complexity index is 221. The highest BCUT2D eigenvalue weighted by Crippen LogP contribution is 2.36. The van der Waals surface area contributed by atoms with Gasteiger partial charge >= 0.3 is 0 Å². The molecule has 2 saturated carbocycles. The predicted octanol–water partition coefficient (Wildman–Crippen LogP) is 3.75. The molecule has 0 aromatic rings. The van der Waals surface area contributed by atoms with E-state index < -0.39 is 0 Å². The molecule has 2 heteroatoms. The van der Waals surface area contributed by atoms with Crippen molar-refractivity contribution in [1.82, 2.24) is 5.32 Å². The van der Waals surface area contributed by atoms with Crippen LogP contribution in [0.2, 0.25) is 0 Å². The molecule has 2 aliphatic rings. The van der Waals surface area contributed by atoms with Crippen molar-refractivity contribution >= 4 is 0 Å². The number of hydrogen-bond donors (Lipinski definition) is 1. The monoisotopic (exact) mass is 253 g/mol. The fourth-order valence-electron chi connectivity index (χ4n) is 3.53. The molecule has 0 aliphatic heterocycles. The maximum atomic E-state index is 6.12. The highest BCUT2D eigenvalue weighted by atomic mass is 16.5. The van der Waals surface area contributed by atoms with Crippen LogP contribution >= 0.6 is 0 Å². The third-order valence-electron chi connectivity index (χ3n) is 4.82. The highest BCUT2D eigenvalue weighted by Gasteiger charge is 2.31. The SMILES string of the molecule is CCOC(C1CCCCC1)C(CCC1CC1)NC. The van der Waals surface area contributed by atoms with E-state index in [9.17, 15) is 0 Å². The van der Waals surface area contributed by atoms with Gasteiger partial charge in [0.2, 0.25) is 0 Å². The van der Waals surface area contributed by atoms with Gasteiger partial charge in [0.05, 0.1) is 6.10 Å². The lowest BCUT2D eigenvalue weighted by molar-refractivity contribution is -0.0184. The number of rotatable bonds is 8. The Morgan fingerprint density at radius 2 is 1.83 bits per heavy atom. The predicted molar refractivity (Wildman–Crippen MR) is 76.8 cm³/mol. The van der Waals surface area contributed by atoms with E-state index in [0.717, 1.165) is 18.4 Å². The van der Waals surface area contributed by atoms with Crippen LogP contribution in [-0.4, -0.2) is 25.8 Å². The molecule has 2 nitrogen and oxygen atoms in total. The van der Waals surface area contributed by atoms with E-state index in [2.05, 4.69) is 19.3 Å². The molecule has 2 atom stereocenters. The summed E-state index contributed by atoms with van der Waals surface area (Å²) in [5, 5.41) is 3.54. The summed E-state index contributed by atoms with van der Waals surface area (Å²) in [7, 11) is 2.12. The van der Waals surface area contributed by atoms with Crippen molar-refractivity contribution in [2.75, 3.05) is 13.7 Å². The molecule has 0 aromatic heterocycles. The Labute approximate surface area is 113 Å². The maximum absolute atomic E-state index is 6.12. The van der Waals surface area contributed by atoms with Gasteiger partial charge in [-0.15, -0.1) is 0 Å². The van der Waals surface area contributed by atoms with Crippen molar-refractivity contribution in [3.63, 3.8) is 0 Å². The number of ether oxygens (including phenoxy) is 1. The van der Waals surface area contributed by atoms with Crippen LogP contribution in [-0.2, 0) is 4.74 Å². The van der Waals surface area contributed by atoms with E-state index in [4.69, 9.17) is 4.74 Å². The molecule has 0 amide bonds. The van der Waals surface area contributed by atoms with Crippen LogP contribution in [0, 0.1) is 11.8 Å². The molecule has 106 valence electrons. The topological polar surface area (TPSA) is 21.3 Å². The highest BCUT2D eigenvalue weighted by molar-refractivity contribution is 4.86. The van der Waals surface area contributed by atoms with Crippen LogP contribution in [0.5, 0.6) is 0 Å². The van der Waals surface area contributed by atoms with Crippen LogP contribution in [0.25, 0.3) is 0 Å². The first-order chi connectivity index (χ1) is 8.85. The van der Waals surface area contributed by atoms with Crippen molar-refractivity contribution in [2.45, 2.75) is 76.9 Å². The van der Waals surface area contributed by atoms with Crippen LogP contribution in [0.4, 0.5) is 0 Å². The van der Waals surface area contributed by atoms with Gasteiger partial charge in [0, 0.05) is 12.6 Å². The fraction of sp³-hybridized carbons (Fsp3) is 1.00. The lowest BCUT2D eigenvalue weighted by Gasteiger charge is -2.35. The lowest BCUT2D eigenvalue weighted by atomic mass is 9.81. The van der Waals surface area contributed by atoms with E-state index >= 15 is 0 Å². The number of nitrogens with one attached hydrogen (secondary N) is 1. The van der Waals surface area contributed by atoms with Gasteiger partial charge in [-0.1, -0.05) is 32.1 Å². The standard InChI is InChI=1S/C16H31NO/c1-3-18-16(14-7-5-4-6-8-14)15(17-2)12-11-13-9-10-13/h13-17H,3-12H2,1-2H3. The van der Waals surface area contributed by atoms with Gasteiger partial charge in [0.1, 0.15) is 0 Å². The largest absolute Gasteiger partial charge is 0.377 e. The van der Waals surface area contributed by atoms with Gasteiger partial charge in [-0.05, 0) is 51.5 Å². The van der Waals surface area contributed by atoms with Gasteiger partial charge in [0.15, 0.2) is 0 Å². The Hall–Kier alpha value is -0.0800. The summed E-state index contributed by atoms with van der Waals surface area (Å²) < 4.78 is 6.12. The van der Waals surface area contributed by atoms with Crippen LogP contribution in [0.15, 0.2) is 0 Å². The summed E-state index contributed by atoms with van der Waals surface area (Å²) in [4.78, 5) is 0. The Morgan fingerprint density at radius 3 is 2.39 bits per heavy atom. The van der Waals surface area contributed by atoms with Crippen molar-refractivity contribution in [3.8, 4) is 0 Å². The Balaban J connectivity index is 1.86. The molecule has 1 N–H and O–H groups in total. The first kappa shape index (κ1) is 14.3. The summed E-state index contributed by atoms with van der Waals surface area (Å²) in [6, 6.07) is 0.577. The first-order valence-electron chi connectivity index (χ1n) is 8.14. The second-order valence-electron chi connectivity index (χ2n) is 6.23. The van der Waals surface area contributed by atoms with Crippen LogP contribution in [0.3, 0.4) is 0 Å². The second-order valence-corrected chi connectivity index (χ2v) is 6.23. The van der Waals surface area contributed by atoms with Gasteiger partial charge in [-0.2, -0.15) is 0 Å². The van der Waals surface area contributed by atoms with Gasteiger partial charge < -0.3 is 10.1 Å². The smallest absolute Gasteiger partial charge is 0.0755 e. The molecule has 0 bridgehead atoms. The lowest BCUT2D eigenvalue weighted by Crippen LogP contribution is -2.44. The summed E-state index contributed by atoms with van der Waals surface area (Å²) in [6.45, 7) is 3.01. The van der Waals surface area contributed by atoms with Crippen molar-refractivity contribution in [3.05, 3.63) is 0 Å². The normalized spacial score (nSPS) is 25.0. The Morgan fingerprint density at radius 1 is 1.11 bits per heavy atom. The van der Waals surface area contributed by atoms with E-state index in [-0.39, 0.29) is 0 Å². The third-order valence-corrected chi connectivity index (χ3v) is 4.82. The minimum Gasteiger partial charge on any atom is -0.377 e. The molecule has 0 aromatic carbocycles. The van der Waals surface area contributed by atoms with Crippen LogP contribution < -0.4 is 5.32 Å². The number of likely N-dealkylation sites (N-methyl/N-ethyl adjacent to an activating group) is 1. The molecule has 2 aliphatic carbocycles. The summed E-state index contributed by atoms with van der Waals surface area (Å²) in [5.74, 6) is 1.84. The van der Waals surface area contributed by atoms with Crippen molar-refractivity contribution < 1.29 is 4.74 Å². The molecular formula is C16H31NO. The Kier molecular flexibility index (Phi) is 5.97. The van der Waals surface area contributed by atoms with Gasteiger partial charge in [-0.3, -0.25) is 0 Å². The molecule has 0 spiro atoms. The zero-order chi connectivity index (χ0) is 12.8. The van der Waals surface area contributed by atoms with Gasteiger partial charge in [0.25, 0.3) is 0 Å². The maximum Gasteiger partial charge on any atom is 0.0755 e.